The first kappa shape index (κ1) is 41.0. The van der Waals surface area contributed by atoms with Crippen molar-refractivity contribution < 1.29 is 28.8 Å². The molecule has 3 aromatic heterocycles. The fourth-order valence-electron chi connectivity index (χ4n) is 15.2. The minimum absolute atomic E-state index is 0.0423. The van der Waals surface area contributed by atoms with Crippen LogP contribution in [0.2, 0.25) is 0 Å². The molecule has 0 amide bonds. The summed E-state index contributed by atoms with van der Waals surface area (Å²) in [5.41, 5.74) is 9.39. The molecule has 17 aromatic rings. The number of hydrogen-bond acceptors (Lipinski definition) is 3. The van der Waals surface area contributed by atoms with Crippen LogP contribution in [-0.2, 0) is 10.8 Å². The van der Waals surface area contributed by atoms with E-state index in [-0.39, 0.29) is 93.9 Å². The van der Waals surface area contributed by atoms with Crippen molar-refractivity contribution in [1.29, 1.82) is 5.26 Å². The lowest BCUT2D eigenvalue weighted by molar-refractivity contribution is 0.590. The Kier molecular flexibility index (Phi) is 9.16. The summed E-state index contributed by atoms with van der Waals surface area (Å²) in [5, 5.41) is 13.7. The molecule has 0 atom stereocenters. The van der Waals surface area contributed by atoms with Gasteiger partial charge in [-0.25, -0.2) is 0 Å². The third kappa shape index (κ3) is 9.10. The molecule has 0 saturated carbocycles. The summed E-state index contributed by atoms with van der Waals surface area (Å²) in [7, 11) is 0. The van der Waals surface area contributed by atoms with Crippen molar-refractivity contribution in [3.05, 3.63) is 326 Å². The lowest BCUT2D eigenvalue weighted by atomic mass is 9.33. The molecule has 100 heavy (non-hydrogen) atoms. The van der Waals surface area contributed by atoms with E-state index in [0.717, 1.165) is 55.2 Å². The zero-order chi connectivity index (χ0) is 85.6. The van der Waals surface area contributed by atoms with E-state index in [9.17, 15) is 27.2 Å². The molecule has 474 valence electrons. The monoisotopic (exact) mass is 1300 g/mol. The van der Waals surface area contributed by atoms with Crippen LogP contribution in [0.25, 0.3) is 116 Å². The standard InChI is InChI=1S/C93H69BN6/c1-92(2,3)65-42-47-85-74(53-65)75-54-66(93(4,5)6)43-48-86(75)96(85)67-44-46-78-88(55-67)100(84-40-24-39-83(76(84)58-95)99-81-37-22-18-33-72(81)73-34-19-23-38-82(73)99)90-57-69(97-79-35-20-16-31-70(79)71-32-17-21-36-80(71)97)56-89-91(90)94(78)77-45-41-62(59-25-10-7-11-26-59)52-87(77)98(89)68-50-63(60-27-12-8-13-28-60)49-64(51-68)61-29-14-9-15-30-61/h7-57H,1-6H3/i7D,10D,11D,16D,17D,18D,19D,20D,21D,22D,23D,25D,26D,31D,32D,33D,34D,35D,36D,37D,38D. The first-order valence-corrected chi connectivity index (χ1v) is 33.1. The van der Waals surface area contributed by atoms with Crippen LogP contribution < -0.4 is 26.2 Å². The number of nitrogens with zero attached hydrogens (tertiary/aromatic N) is 6. The maximum absolute atomic E-state index is 12.7. The Labute approximate surface area is 612 Å². The van der Waals surface area contributed by atoms with Gasteiger partial charge in [0.25, 0.3) is 6.71 Å². The van der Waals surface area contributed by atoms with Gasteiger partial charge in [-0.2, -0.15) is 5.26 Å². The van der Waals surface area contributed by atoms with Gasteiger partial charge in [0.1, 0.15) is 11.6 Å². The predicted molar refractivity (Wildman–Crippen MR) is 422 cm³/mol. The fraction of sp³-hybridized carbons (Fsp3) is 0.0860. The molecule has 0 radical (unpaired) electrons. The lowest BCUT2D eigenvalue weighted by Crippen LogP contribution is -2.61. The summed E-state index contributed by atoms with van der Waals surface area (Å²) < 4.78 is 203. The van der Waals surface area contributed by atoms with E-state index in [1.807, 2.05) is 107 Å². The van der Waals surface area contributed by atoms with Crippen LogP contribution in [0.3, 0.4) is 0 Å². The van der Waals surface area contributed by atoms with E-state index < -0.39 is 134 Å². The van der Waals surface area contributed by atoms with Crippen molar-refractivity contribution in [3.63, 3.8) is 0 Å². The third-order valence-electron chi connectivity index (χ3n) is 19.9. The van der Waals surface area contributed by atoms with Crippen LogP contribution in [0.5, 0.6) is 0 Å². The van der Waals surface area contributed by atoms with E-state index in [0.29, 0.717) is 44.8 Å². The van der Waals surface area contributed by atoms with Crippen LogP contribution in [0, 0.1) is 11.3 Å². The van der Waals surface area contributed by atoms with Crippen LogP contribution in [0.15, 0.2) is 309 Å². The molecule has 5 heterocycles. The van der Waals surface area contributed by atoms with Crippen LogP contribution >= 0.6 is 0 Å². The lowest BCUT2D eigenvalue weighted by Gasteiger charge is -2.45. The topological polar surface area (TPSA) is 45.1 Å². The van der Waals surface area contributed by atoms with E-state index in [4.69, 9.17) is 6.85 Å². The van der Waals surface area contributed by atoms with Crippen molar-refractivity contribution in [1.82, 2.24) is 13.7 Å². The minimum atomic E-state index is -0.946. The van der Waals surface area contributed by atoms with Gasteiger partial charge in [0, 0.05) is 66.4 Å². The summed E-state index contributed by atoms with van der Waals surface area (Å²) in [5.74, 6) is 0. The van der Waals surface area contributed by atoms with E-state index in [1.54, 1.807) is 36.4 Å². The van der Waals surface area contributed by atoms with Crippen molar-refractivity contribution in [2.75, 3.05) is 9.80 Å². The quantitative estimate of drug-likeness (QED) is 0.142. The van der Waals surface area contributed by atoms with Crippen molar-refractivity contribution in [2.45, 2.75) is 52.4 Å². The highest BCUT2D eigenvalue weighted by atomic mass is 15.2. The Morgan fingerprint density at radius 2 is 0.770 bits per heavy atom. The molecule has 6 nitrogen and oxygen atoms in total. The second-order valence-electron chi connectivity index (χ2n) is 27.7. The number of fused-ring (bicyclic) bond motifs is 13. The number of anilines is 6. The summed E-state index contributed by atoms with van der Waals surface area (Å²) in [6.07, 6.45) is 0. The second-order valence-corrected chi connectivity index (χ2v) is 27.7. The van der Waals surface area contributed by atoms with Gasteiger partial charge >= 0.3 is 0 Å². The minimum Gasteiger partial charge on any atom is -0.311 e. The first-order chi connectivity index (χ1) is 57.5. The number of aromatic nitrogens is 3. The normalized spacial score (nSPS) is 15.8. The molecule has 0 N–H and O–H groups in total. The fourth-order valence-corrected chi connectivity index (χ4v) is 15.2. The molecule has 0 unspecified atom stereocenters. The molecular formula is C93H69BN6. The zero-order valence-electron chi connectivity index (χ0n) is 76.1. The average molecular weight is 1300 g/mol. The van der Waals surface area contributed by atoms with Crippen LogP contribution in [-0.4, -0.2) is 20.4 Å². The molecule has 14 aromatic carbocycles. The Morgan fingerprint density at radius 3 is 1.30 bits per heavy atom. The van der Waals surface area contributed by atoms with Gasteiger partial charge in [0.15, 0.2) is 0 Å². The smallest absolute Gasteiger partial charge is 0.252 e. The highest BCUT2D eigenvalue weighted by Crippen LogP contribution is 2.51. The van der Waals surface area contributed by atoms with Gasteiger partial charge in [-0.3, -0.25) is 0 Å². The highest BCUT2D eigenvalue weighted by molar-refractivity contribution is 7.00. The molecule has 0 aliphatic carbocycles. The van der Waals surface area contributed by atoms with Gasteiger partial charge < -0.3 is 23.5 Å². The second kappa shape index (κ2) is 22.3. The highest BCUT2D eigenvalue weighted by Gasteiger charge is 2.45. The molecule has 7 heteroatoms. The first-order valence-electron chi connectivity index (χ1n) is 43.6. The number of para-hydroxylation sites is 4. The maximum Gasteiger partial charge on any atom is 0.252 e. The molecule has 0 saturated heterocycles. The molecule has 0 bridgehead atoms. The van der Waals surface area contributed by atoms with Crippen molar-refractivity contribution in [2.24, 2.45) is 0 Å². The molecule has 19 rings (SSSR count). The van der Waals surface area contributed by atoms with Gasteiger partial charge in [0.05, 0.1) is 78.9 Å². The molecule has 2 aliphatic heterocycles. The summed E-state index contributed by atoms with van der Waals surface area (Å²) in [4.78, 5) is 3.83. The SMILES string of the molecule is [2H]c1c([2H])c([2H])c(-c2ccc3c(c2)N(c2cc(-c4ccccc4)cc(-c4ccccc4)c2)c2cc(-n4c5c([2H])c([2H])c([2H])c([2H])c5c5c([2H])c([2H])c([2H])c([2H])c54)cc4c2B3c2ccc(-n3c5ccc(C(C)(C)C)cc5c5cc(C(C)(C)C)ccc53)cc2N4c2cccc(-n3c4c([2H])c([2H])c([2H])c([2H])c4c4c([2H])c([2H])c([2H])c([2H])c43)c2C#N)c([2H])c1[2H]. The largest absolute Gasteiger partial charge is 0.311 e. The van der Waals surface area contributed by atoms with Crippen LogP contribution in [0.4, 0.5) is 34.1 Å². The summed E-state index contributed by atoms with van der Waals surface area (Å²) in [6.45, 7) is 12.0. The van der Waals surface area contributed by atoms with Gasteiger partial charge in [-0.15, -0.1) is 0 Å². The Balaban J connectivity index is 1.04. The van der Waals surface area contributed by atoms with Gasteiger partial charge in [0.2, 0.25) is 0 Å². The molecular weight excluding hydrogens is 1210 g/mol. The van der Waals surface area contributed by atoms with Gasteiger partial charge in [-0.05, 0) is 181 Å². The number of nitriles is 1. The maximum atomic E-state index is 12.7. The number of benzene rings is 14. The number of rotatable bonds is 8. The summed E-state index contributed by atoms with van der Waals surface area (Å²) >= 11 is 0. The molecule has 0 spiro atoms. The molecule has 0 fully saturated rings. The third-order valence-corrected chi connectivity index (χ3v) is 19.9. The van der Waals surface area contributed by atoms with Crippen molar-refractivity contribution in [3.8, 4) is 56.5 Å². The Bertz CT molecular complexity index is 7290. The van der Waals surface area contributed by atoms with E-state index in [1.165, 1.54) is 15.2 Å². The van der Waals surface area contributed by atoms with E-state index >= 15 is 0 Å². The number of hydrogen-bond donors (Lipinski definition) is 0. The van der Waals surface area contributed by atoms with E-state index in [2.05, 4.69) is 94.6 Å². The van der Waals surface area contributed by atoms with Gasteiger partial charge in [-0.1, -0.05) is 241 Å². The van der Waals surface area contributed by atoms with Crippen molar-refractivity contribution >= 4 is 123 Å². The predicted octanol–water partition coefficient (Wildman–Crippen LogP) is 22.5. The van der Waals surface area contributed by atoms with Crippen LogP contribution in [0.1, 0.15) is 87.0 Å². The molecule has 2 aliphatic rings. The Hall–Kier alpha value is -12.4. The average Bonchev–Trinajstić information content (AvgIpc) is 0.973. The zero-order valence-corrected chi connectivity index (χ0v) is 55.1. The Morgan fingerprint density at radius 1 is 0.310 bits per heavy atom. The summed E-state index contributed by atoms with van der Waals surface area (Å²) in [6, 6.07) is 47.5.